The Kier molecular flexibility index (Phi) is 5.69. The topological polar surface area (TPSA) is 113 Å². The van der Waals surface area contributed by atoms with Gasteiger partial charge in [-0.15, -0.1) is 0 Å². The molecule has 1 heterocycles. The summed E-state index contributed by atoms with van der Waals surface area (Å²) in [4.78, 5) is 25.1. The monoisotopic (exact) mass is 370 g/mol. The molecule has 1 fully saturated rings. The second kappa shape index (κ2) is 7.40. The highest BCUT2D eigenvalue weighted by atomic mass is 32.2. The highest BCUT2D eigenvalue weighted by Gasteiger charge is 2.35. The average Bonchev–Trinajstić information content (AvgIpc) is 3.02. The van der Waals surface area contributed by atoms with Crippen LogP contribution in [-0.2, 0) is 14.8 Å². The number of carboxylic acids is 1. The van der Waals surface area contributed by atoms with Crippen molar-refractivity contribution in [1.82, 2.24) is 9.62 Å². The van der Waals surface area contributed by atoms with Crippen molar-refractivity contribution in [3.05, 3.63) is 23.8 Å². The van der Waals surface area contributed by atoms with E-state index in [9.17, 15) is 23.1 Å². The number of ether oxygens (including phenoxy) is 1. The molecule has 1 atom stereocenters. The smallest absolute Gasteiger partial charge is 0.326 e. The Morgan fingerprint density at radius 1 is 1.36 bits per heavy atom. The predicted octanol–water partition coefficient (Wildman–Crippen LogP) is 1.07. The Labute approximate surface area is 146 Å². The quantitative estimate of drug-likeness (QED) is 0.774. The Morgan fingerprint density at radius 2 is 2.04 bits per heavy atom. The van der Waals surface area contributed by atoms with E-state index < -0.39 is 27.9 Å². The maximum atomic E-state index is 12.7. The fourth-order valence-corrected chi connectivity index (χ4v) is 4.27. The number of sulfonamides is 1. The lowest BCUT2D eigenvalue weighted by Crippen LogP contribution is -2.40. The van der Waals surface area contributed by atoms with Gasteiger partial charge < -0.3 is 14.7 Å². The minimum absolute atomic E-state index is 0.109. The van der Waals surface area contributed by atoms with Crippen LogP contribution in [0.5, 0.6) is 5.75 Å². The summed E-state index contributed by atoms with van der Waals surface area (Å²) in [6.45, 7) is 3.69. The predicted molar refractivity (Wildman–Crippen MR) is 90.1 cm³/mol. The van der Waals surface area contributed by atoms with Crippen LogP contribution in [0.25, 0.3) is 0 Å². The summed E-state index contributed by atoms with van der Waals surface area (Å²) in [5, 5.41) is 9.22. The number of rotatable bonds is 6. The number of hydrogen-bond acceptors (Lipinski definition) is 5. The van der Waals surface area contributed by atoms with Gasteiger partial charge in [-0.05, 0) is 44.9 Å². The number of hydrogen-bond donors (Lipinski definition) is 2. The number of amides is 1. The Hall–Kier alpha value is -2.13. The van der Waals surface area contributed by atoms with Gasteiger partial charge in [0.25, 0.3) is 5.91 Å². The molecule has 25 heavy (non-hydrogen) atoms. The minimum atomic E-state index is -3.87. The van der Waals surface area contributed by atoms with Crippen molar-refractivity contribution in [2.45, 2.75) is 43.7 Å². The van der Waals surface area contributed by atoms with Gasteiger partial charge in [0.2, 0.25) is 10.0 Å². The first-order valence-electron chi connectivity index (χ1n) is 7.91. The third kappa shape index (κ3) is 4.10. The highest BCUT2D eigenvalue weighted by molar-refractivity contribution is 7.89. The van der Waals surface area contributed by atoms with Crippen LogP contribution in [0.3, 0.4) is 0 Å². The van der Waals surface area contributed by atoms with Crippen molar-refractivity contribution in [3.8, 4) is 5.75 Å². The lowest BCUT2D eigenvalue weighted by atomic mass is 10.1. The van der Waals surface area contributed by atoms with Gasteiger partial charge in [0, 0.05) is 18.2 Å². The van der Waals surface area contributed by atoms with E-state index >= 15 is 0 Å². The van der Waals surface area contributed by atoms with Gasteiger partial charge in [-0.3, -0.25) is 4.79 Å². The molecule has 0 radical (unpaired) electrons. The van der Waals surface area contributed by atoms with Gasteiger partial charge in [0.1, 0.15) is 16.7 Å². The maximum absolute atomic E-state index is 12.7. The largest absolute Gasteiger partial charge is 0.495 e. The molecule has 1 amide bonds. The van der Waals surface area contributed by atoms with E-state index in [0.29, 0.717) is 19.4 Å². The van der Waals surface area contributed by atoms with Gasteiger partial charge in [0.05, 0.1) is 7.11 Å². The van der Waals surface area contributed by atoms with Crippen molar-refractivity contribution in [1.29, 1.82) is 0 Å². The third-order valence-corrected chi connectivity index (χ3v) is 5.57. The summed E-state index contributed by atoms with van der Waals surface area (Å²) in [7, 11) is -2.53. The zero-order valence-corrected chi connectivity index (χ0v) is 15.2. The van der Waals surface area contributed by atoms with Gasteiger partial charge in [0.15, 0.2) is 0 Å². The Balaban J connectivity index is 2.42. The van der Waals surface area contributed by atoms with Crippen molar-refractivity contribution in [2.75, 3.05) is 13.7 Å². The summed E-state index contributed by atoms with van der Waals surface area (Å²) in [6, 6.07) is 2.84. The van der Waals surface area contributed by atoms with E-state index in [1.165, 1.54) is 30.2 Å². The highest BCUT2D eigenvalue weighted by Crippen LogP contribution is 2.27. The Bertz CT molecular complexity index is 775. The van der Waals surface area contributed by atoms with Crippen LogP contribution < -0.4 is 9.46 Å². The molecule has 1 aromatic carbocycles. The first-order chi connectivity index (χ1) is 11.7. The van der Waals surface area contributed by atoms with Crippen LogP contribution in [0.4, 0.5) is 0 Å². The van der Waals surface area contributed by atoms with Gasteiger partial charge in [-0.1, -0.05) is 0 Å². The van der Waals surface area contributed by atoms with E-state index in [0.717, 1.165) is 0 Å². The average molecular weight is 370 g/mol. The van der Waals surface area contributed by atoms with Crippen LogP contribution in [0, 0.1) is 0 Å². The molecule has 1 aromatic rings. The van der Waals surface area contributed by atoms with E-state index in [1.54, 1.807) is 13.8 Å². The molecular weight excluding hydrogens is 348 g/mol. The molecular formula is C16H22N2O6S. The van der Waals surface area contributed by atoms with E-state index in [4.69, 9.17) is 4.74 Å². The molecule has 0 saturated carbocycles. The van der Waals surface area contributed by atoms with Gasteiger partial charge in [-0.25, -0.2) is 17.9 Å². The number of methoxy groups -OCH3 is 1. The third-order valence-electron chi connectivity index (χ3n) is 3.89. The first kappa shape index (κ1) is 19.2. The summed E-state index contributed by atoms with van der Waals surface area (Å²) < 4.78 is 32.5. The number of carboxylic acid groups (broad SMARTS) is 1. The van der Waals surface area contributed by atoms with Crippen molar-refractivity contribution in [3.63, 3.8) is 0 Å². The number of nitrogens with zero attached hydrogens (tertiary/aromatic N) is 1. The molecule has 2 rings (SSSR count). The molecule has 2 N–H and O–H groups in total. The van der Waals surface area contributed by atoms with Crippen LogP contribution in [-0.4, -0.2) is 56.0 Å². The summed E-state index contributed by atoms with van der Waals surface area (Å²) in [6.07, 6.45) is 0.982. The van der Waals surface area contributed by atoms with Gasteiger partial charge in [-0.2, -0.15) is 0 Å². The number of carbonyl (C=O) groups excluding carboxylic acids is 1. The number of carbonyl (C=O) groups is 2. The number of likely N-dealkylation sites (tertiary alicyclic amines) is 1. The van der Waals surface area contributed by atoms with Crippen molar-refractivity contribution >= 4 is 21.9 Å². The fourth-order valence-electron chi connectivity index (χ4n) is 2.83. The lowest BCUT2D eigenvalue weighted by Gasteiger charge is -2.22. The molecule has 0 unspecified atom stereocenters. The zero-order valence-electron chi connectivity index (χ0n) is 14.4. The summed E-state index contributed by atoms with van der Waals surface area (Å²) >= 11 is 0. The number of nitrogens with one attached hydrogen (secondary N) is 1. The molecule has 0 aromatic heterocycles. The number of aliphatic carboxylic acids is 1. The standard InChI is InChI=1S/C16H22N2O6S/c1-10(2)17-25(22,23)14-9-11(6-7-13(14)24-3)15(19)18-8-4-5-12(18)16(20)21/h6-7,9-10,12,17H,4-5,8H2,1-3H3,(H,20,21)/t12-/m0/s1. The molecule has 0 bridgehead atoms. The zero-order chi connectivity index (χ0) is 18.8. The molecule has 0 aliphatic carbocycles. The van der Waals surface area contributed by atoms with E-state index in [-0.39, 0.29) is 22.3 Å². The molecule has 138 valence electrons. The maximum Gasteiger partial charge on any atom is 0.326 e. The second-order valence-corrected chi connectivity index (χ2v) is 7.82. The van der Waals surface area contributed by atoms with E-state index in [1.807, 2.05) is 0 Å². The van der Waals surface area contributed by atoms with Crippen molar-refractivity contribution in [2.24, 2.45) is 0 Å². The van der Waals surface area contributed by atoms with Crippen molar-refractivity contribution < 1.29 is 27.9 Å². The number of benzene rings is 1. The van der Waals surface area contributed by atoms with Gasteiger partial charge >= 0.3 is 5.97 Å². The molecule has 0 spiro atoms. The van der Waals surface area contributed by atoms with E-state index in [2.05, 4.69) is 4.72 Å². The minimum Gasteiger partial charge on any atom is -0.495 e. The van der Waals surface area contributed by atoms with Crippen LogP contribution in [0.2, 0.25) is 0 Å². The lowest BCUT2D eigenvalue weighted by molar-refractivity contribution is -0.141. The normalized spacial score (nSPS) is 17.8. The SMILES string of the molecule is COc1ccc(C(=O)N2CCC[C@H]2C(=O)O)cc1S(=O)(=O)NC(C)C. The van der Waals surface area contributed by atoms with Crippen LogP contribution in [0.15, 0.2) is 23.1 Å². The Morgan fingerprint density at radius 3 is 2.60 bits per heavy atom. The molecule has 9 heteroatoms. The second-order valence-electron chi connectivity index (χ2n) is 6.14. The molecule has 1 aliphatic heterocycles. The summed E-state index contributed by atoms with van der Waals surface area (Å²) in [5.41, 5.74) is 0.109. The first-order valence-corrected chi connectivity index (χ1v) is 9.40. The fraction of sp³-hybridized carbons (Fsp3) is 0.500. The molecule has 1 saturated heterocycles. The molecule has 8 nitrogen and oxygen atoms in total. The summed E-state index contributed by atoms with van der Waals surface area (Å²) in [5.74, 6) is -1.46. The van der Waals surface area contributed by atoms with Crippen LogP contribution in [0.1, 0.15) is 37.0 Å². The van der Waals surface area contributed by atoms with Crippen LogP contribution >= 0.6 is 0 Å². The molecule has 1 aliphatic rings.